The molecule has 1 aliphatic carbocycles. The van der Waals surface area contributed by atoms with Crippen LogP contribution in [-0.4, -0.2) is 62.3 Å². The van der Waals surface area contributed by atoms with Crippen LogP contribution in [0.15, 0.2) is 54.6 Å². The van der Waals surface area contributed by atoms with Crippen LogP contribution in [0.25, 0.3) is 21.8 Å². The molecule has 1 saturated heterocycles. The first-order valence-electron chi connectivity index (χ1n) is 13.6. The molecule has 2 aromatic heterocycles. The summed E-state index contributed by atoms with van der Waals surface area (Å²) >= 11 is 0. The molecule has 0 bridgehead atoms. The van der Waals surface area contributed by atoms with Crippen molar-refractivity contribution in [3.8, 4) is 0 Å². The van der Waals surface area contributed by atoms with E-state index >= 15 is 0 Å². The summed E-state index contributed by atoms with van der Waals surface area (Å²) in [5.74, 6) is 0. The van der Waals surface area contributed by atoms with E-state index in [1.807, 2.05) is 0 Å². The number of aromatic amines is 2. The smallest absolute Gasteiger partial charge is 0.118 e. The molecular formula is C31H39FN4O. The van der Waals surface area contributed by atoms with Crippen molar-refractivity contribution in [2.24, 2.45) is 5.41 Å². The Labute approximate surface area is 218 Å². The van der Waals surface area contributed by atoms with Gasteiger partial charge >= 0.3 is 0 Å². The van der Waals surface area contributed by atoms with E-state index < -0.39 is 5.67 Å². The van der Waals surface area contributed by atoms with Crippen LogP contribution < -0.4 is 0 Å². The highest BCUT2D eigenvalue weighted by atomic mass is 19.1. The highest BCUT2D eigenvalue weighted by molar-refractivity contribution is 5.85. The third-order valence-electron chi connectivity index (χ3n) is 8.40. The van der Waals surface area contributed by atoms with Crippen molar-refractivity contribution in [3.63, 3.8) is 0 Å². The van der Waals surface area contributed by atoms with Gasteiger partial charge in [0.15, 0.2) is 0 Å². The van der Waals surface area contributed by atoms with Crippen LogP contribution in [0.3, 0.4) is 0 Å². The van der Waals surface area contributed by atoms with Crippen LogP contribution in [0, 0.1) is 5.41 Å². The van der Waals surface area contributed by atoms with Gasteiger partial charge in [0.1, 0.15) is 5.67 Å². The maximum atomic E-state index is 13.9. The third kappa shape index (κ3) is 5.07. The van der Waals surface area contributed by atoms with Crippen LogP contribution in [0.5, 0.6) is 0 Å². The summed E-state index contributed by atoms with van der Waals surface area (Å²) in [6, 6.07) is 19.5. The van der Waals surface area contributed by atoms with E-state index in [1.165, 1.54) is 38.8 Å². The minimum Gasteiger partial charge on any atom is -0.393 e. The van der Waals surface area contributed by atoms with Crippen molar-refractivity contribution < 1.29 is 9.50 Å². The largest absolute Gasteiger partial charge is 0.393 e. The number of aromatic nitrogens is 2. The first-order valence-corrected chi connectivity index (χ1v) is 13.6. The molecule has 2 fully saturated rings. The Kier molecular flexibility index (Phi) is 6.17. The van der Waals surface area contributed by atoms with E-state index in [9.17, 15) is 9.50 Å². The van der Waals surface area contributed by atoms with Crippen molar-refractivity contribution in [3.05, 3.63) is 71.5 Å². The number of fused-ring (bicyclic) bond motifs is 4. The first-order chi connectivity index (χ1) is 17.7. The van der Waals surface area contributed by atoms with Crippen LogP contribution >= 0.6 is 0 Å². The maximum Gasteiger partial charge on any atom is 0.118 e. The van der Waals surface area contributed by atoms with Crippen molar-refractivity contribution in [2.45, 2.75) is 70.9 Å². The van der Waals surface area contributed by atoms with Crippen molar-refractivity contribution in [1.82, 2.24) is 19.8 Å². The molecule has 1 spiro atoms. The number of hydrogen-bond donors (Lipinski definition) is 3. The van der Waals surface area contributed by atoms with Gasteiger partial charge in [-0.25, -0.2) is 4.39 Å². The zero-order valence-corrected chi connectivity index (χ0v) is 22.2. The Morgan fingerprint density at radius 2 is 1.73 bits per heavy atom. The van der Waals surface area contributed by atoms with Gasteiger partial charge in [-0.15, -0.1) is 0 Å². The number of alkyl halides is 1. The minimum absolute atomic E-state index is 0.0276. The second-order valence-corrected chi connectivity index (χ2v) is 12.4. The Morgan fingerprint density at radius 3 is 2.43 bits per heavy atom. The molecule has 4 heterocycles. The van der Waals surface area contributed by atoms with Gasteiger partial charge in [0.25, 0.3) is 0 Å². The molecule has 1 unspecified atom stereocenters. The quantitative estimate of drug-likeness (QED) is 0.331. The van der Waals surface area contributed by atoms with Crippen molar-refractivity contribution >= 4 is 21.8 Å². The number of hydrogen-bond acceptors (Lipinski definition) is 3. The van der Waals surface area contributed by atoms with Gasteiger partial charge in [0.2, 0.25) is 0 Å². The number of aliphatic hydroxyl groups is 1. The number of halogens is 1. The number of likely N-dealkylation sites (tertiary alicyclic amines) is 1. The van der Waals surface area contributed by atoms with Crippen molar-refractivity contribution in [1.29, 1.82) is 0 Å². The number of benzene rings is 2. The van der Waals surface area contributed by atoms with E-state index in [4.69, 9.17) is 0 Å². The Hall–Kier alpha value is -2.67. The summed E-state index contributed by atoms with van der Waals surface area (Å²) in [5, 5.41) is 12.0. The lowest BCUT2D eigenvalue weighted by molar-refractivity contribution is -0.131. The Balaban J connectivity index is 0.000000136. The van der Waals surface area contributed by atoms with Crippen LogP contribution in [0.1, 0.15) is 50.6 Å². The van der Waals surface area contributed by atoms with E-state index in [-0.39, 0.29) is 6.10 Å². The molecule has 4 aromatic rings. The number of rotatable bonds is 4. The Morgan fingerprint density at radius 1 is 1.03 bits per heavy atom. The molecule has 37 heavy (non-hydrogen) atoms. The number of nitrogens with one attached hydrogen (secondary N) is 2. The lowest BCUT2D eigenvalue weighted by Crippen LogP contribution is -2.63. The topological polar surface area (TPSA) is 58.3 Å². The van der Waals surface area contributed by atoms with Gasteiger partial charge in [-0.1, -0.05) is 36.4 Å². The predicted molar refractivity (Wildman–Crippen MR) is 148 cm³/mol. The van der Waals surface area contributed by atoms with Gasteiger partial charge in [-0.2, -0.15) is 0 Å². The average Bonchev–Trinajstić information content (AvgIpc) is 3.37. The fourth-order valence-electron chi connectivity index (χ4n) is 6.77. The van der Waals surface area contributed by atoms with Gasteiger partial charge in [0, 0.05) is 72.0 Å². The van der Waals surface area contributed by atoms with Gasteiger partial charge in [-0.3, -0.25) is 9.80 Å². The SMILES string of the molecule is CC1Cc2c([nH]c3ccccc23)CN1CC(C)(C)F.OC1CC2(C1)CN(Cc1cc3ccccc3[nH]1)C2. The van der Waals surface area contributed by atoms with E-state index in [1.54, 1.807) is 13.8 Å². The normalized spacial score (nSPS) is 21.9. The van der Waals surface area contributed by atoms with E-state index in [2.05, 4.69) is 81.3 Å². The number of H-pyrrole nitrogens is 2. The monoisotopic (exact) mass is 502 g/mol. The average molecular weight is 503 g/mol. The molecule has 3 N–H and O–H groups in total. The molecule has 1 atom stereocenters. The highest BCUT2D eigenvalue weighted by Gasteiger charge is 2.51. The molecule has 0 amide bonds. The predicted octanol–water partition coefficient (Wildman–Crippen LogP) is 5.79. The highest BCUT2D eigenvalue weighted by Crippen LogP contribution is 2.48. The molecule has 0 radical (unpaired) electrons. The van der Waals surface area contributed by atoms with Crippen LogP contribution in [-0.2, 0) is 19.5 Å². The molecule has 196 valence electrons. The van der Waals surface area contributed by atoms with Gasteiger partial charge in [0.05, 0.1) is 6.10 Å². The maximum absolute atomic E-state index is 13.9. The summed E-state index contributed by atoms with van der Waals surface area (Å²) in [6.45, 7) is 10.1. The minimum atomic E-state index is -1.14. The third-order valence-corrected chi connectivity index (χ3v) is 8.40. The van der Waals surface area contributed by atoms with E-state index in [0.29, 0.717) is 18.0 Å². The second-order valence-electron chi connectivity index (χ2n) is 12.4. The van der Waals surface area contributed by atoms with Gasteiger partial charge < -0.3 is 15.1 Å². The molecule has 5 nitrogen and oxygen atoms in total. The zero-order valence-electron chi connectivity index (χ0n) is 22.2. The first kappa shape index (κ1) is 24.7. The standard InChI is InChI=1S/C16H21FN2.C15H18N2O/c1-11-8-13-12-6-4-5-7-14(12)18-15(13)9-19(11)10-16(2,3)17;18-13-6-15(7-13)9-17(10-15)8-12-5-11-3-1-2-4-14(11)16-12/h4-7,11,18H,8-10H2,1-3H3;1-5,13,16,18H,6-10H2. The molecular weight excluding hydrogens is 463 g/mol. The lowest BCUT2D eigenvalue weighted by Gasteiger charge is -2.57. The fraction of sp³-hybridized carbons (Fsp3) is 0.484. The van der Waals surface area contributed by atoms with E-state index in [0.717, 1.165) is 45.4 Å². The summed E-state index contributed by atoms with van der Waals surface area (Å²) in [5.41, 5.74) is 5.71. The van der Waals surface area contributed by atoms with Crippen molar-refractivity contribution in [2.75, 3.05) is 19.6 Å². The molecule has 3 aliphatic rings. The Bertz CT molecular complexity index is 1350. The van der Waals surface area contributed by atoms with Gasteiger partial charge in [-0.05, 0) is 69.2 Å². The summed E-state index contributed by atoms with van der Waals surface area (Å²) < 4.78 is 13.9. The summed E-state index contributed by atoms with van der Waals surface area (Å²) in [6.07, 6.45) is 2.99. The summed E-state index contributed by atoms with van der Waals surface area (Å²) in [7, 11) is 0. The zero-order chi connectivity index (χ0) is 25.8. The number of para-hydroxylation sites is 2. The molecule has 2 aliphatic heterocycles. The second kappa shape index (κ2) is 9.26. The molecule has 1 saturated carbocycles. The number of nitrogens with zero attached hydrogens (tertiary/aromatic N) is 2. The molecule has 6 heteroatoms. The van der Waals surface area contributed by atoms with Crippen LogP contribution in [0.2, 0.25) is 0 Å². The number of aliphatic hydroxyl groups excluding tert-OH is 1. The summed E-state index contributed by atoms with van der Waals surface area (Å²) in [4.78, 5) is 11.7. The fourth-order valence-corrected chi connectivity index (χ4v) is 6.77. The molecule has 7 rings (SSSR count). The lowest BCUT2D eigenvalue weighted by atomic mass is 9.62. The van der Waals surface area contributed by atoms with Crippen LogP contribution in [0.4, 0.5) is 4.39 Å². The molecule has 2 aromatic carbocycles.